The van der Waals surface area contributed by atoms with Gasteiger partial charge in [-0.15, -0.1) is 0 Å². The lowest BCUT2D eigenvalue weighted by atomic mass is 10.1. The third kappa shape index (κ3) is 4.93. The number of pyridine rings is 1. The zero-order valence-electron chi connectivity index (χ0n) is 17.0. The van der Waals surface area contributed by atoms with Crippen molar-refractivity contribution in [2.45, 2.75) is 32.0 Å². The van der Waals surface area contributed by atoms with Gasteiger partial charge in [-0.2, -0.15) is 0 Å². The molecule has 0 saturated carbocycles. The highest BCUT2D eigenvalue weighted by atomic mass is 15.2. The largest absolute Gasteiger partial charge is 0.355 e. The van der Waals surface area contributed by atoms with Gasteiger partial charge in [0.25, 0.3) is 0 Å². The molecular weight excluding hydrogens is 358 g/mol. The van der Waals surface area contributed by atoms with Crippen LogP contribution in [0.3, 0.4) is 0 Å². The van der Waals surface area contributed by atoms with Gasteiger partial charge in [-0.25, -0.2) is 0 Å². The predicted molar refractivity (Wildman–Crippen MR) is 120 cm³/mol. The van der Waals surface area contributed by atoms with Gasteiger partial charge in [0.1, 0.15) is 0 Å². The molecule has 1 saturated heterocycles. The van der Waals surface area contributed by atoms with E-state index in [2.05, 4.69) is 80.1 Å². The second-order valence-corrected chi connectivity index (χ2v) is 7.54. The van der Waals surface area contributed by atoms with Crippen LogP contribution in [-0.2, 0) is 13.1 Å². The summed E-state index contributed by atoms with van der Waals surface area (Å²) in [6, 6.07) is 21.7. The van der Waals surface area contributed by atoms with E-state index in [1.165, 1.54) is 29.2 Å². The number of aliphatic imine (C=N–C) groups is 1. The molecule has 2 N–H and O–H groups in total. The second-order valence-electron chi connectivity index (χ2n) is 7.54. The summed E-state index contributed by atoms with van der Waals surface area (Å²) in [7, 11) is 1.82. The molecule has 2 heterocycles. The normalized spacial score (nSPS) is 17.6. The Kier molecular flexibility index (Phi) is 6.37. The van der Waals surface area contributed by atoms with E-state index >= 15 is 0 Å². The summed E-state index contributed by atoms with van der Waals surface area (Å²) in [6.45, 7) is 3.72. The van der Waals surface area contributed by atoms with Crippen molar-refractivity contribution in [3.8, 4) is 0 Å². The highest BCUT2D eigenvalue weighted by Gasteiger charge is 2.24. The Morgan fingerprint density at radius 1 is 1.07 bits per heavy atom. The standard InChI is InChI=1S/C24H29N5/c1-25-24(28-17-23-22-12-6-5-10-20(22)13-14-26-23)27-16-21-11-7-15-29(21)18-19-8-3-2-4-9-19/h2-6,8-10,12-14,21H,7,11,15-18H2,1H3,(H2,25,27,28). The first-order chi connectivity index (χ1) is 14.3. The van der Waals surface area contributed by atoms with Crippen LogP contribution in [0.2, 0.25) is 0 Å². The van der Waals surface area contributed by atoms with Gasteiger partial charge in [-0.3, -0.25) is 14.9 Å². The summed E-state index contributed by atoms with van der Waals surface area (Å²) in [5, 5.41) is 9.33. The van der Waals surface area contributed by atoms with Crippen molar-refractivity contribution in [1.29, 1.82) is 0 Å². The van der Waals surface area contributed by atoms with Crippen LogP contribution in [0.1, 0.15) is 24.1 Å². The fraction of sp³-hybridized carbons (Fsp3) is 0.333. The summed E-state index contributed by atoms with van der Waals surface area (Å²) in [6.07, 6.45) is 4.35. The second kappa shape index (κ2) is 9.52. The van der Waals surface area contributed by atoms with Crippen molar-refractivity contribution < 1.29 is 0 Å². The van der Waals surface area contributed by atoms with Crippen molar-refractivity contribution in [1.82, 2.24) is 20.5 Å². The molecule has 3 aromatic rings. The SMILES string of the molecule is CN=C(NCc1nccc2ccccc12)NCC1CCCN1Cc1ccccc1. The number of guanidine groups is 1. The lowest BCUT2D eigenvalue weighted by Gasteiger charge is -2.25. The fourth-order valence-corrected chi connectivity index (χ4v) is 4.08. The van der Waals surface area contributed by atoms with Crippen molar-refractivity contribution >= 4 is 16.7 Å². The van der Waals surface area contributed by atoms with Crippen molar-refractivity contribution in [3.05, 3.63) is 78.1 Å². The number of likely N-dealkylation sites (tertiary alicyclic amines) is 1. The molecule has 0 spiro atoms. The van der Waals surface area contributed by atoms with Crippen LogP contribution in [0.4, 0.5) is 0 Å². The van der Waals surface area contributed by atoms with Crippen LogP contribution >= 0.6 is 0 Å². The lowest BCUT2D eigenvalue weighted by Crippen LogP contribution is -2.44. The maximum atomic E-state index is 4.56. The number of hydrogen-bond donors (Lipinski definition) is 2. The van der Waals surface area contributed by atoms with Crippen LogP contribution in [0.25, 0.3) is 10.8 Å². The zero-order valence-corrected chi connectivity index (χ0v) is 17.0. The molecule has 150 valence electrons. The average Bonchev–Trinajstić information content (AvgIpc) is 3.21. The number of nitrogens with one attached hydrogen (secondary N) is 2. The Balaban J connectivity index is 1.32. The minimum absolute atomic E-state index is 0.532. The number of hydrogen-bond acceptors (Lipinski definition) is 3. The van der Waals surface area contributed by atoms with Gasteiger partial charge >= 0.3 is 0 Å². The summed E-state index contributed by atoms with van der Waals surface area (Å²) in [4.78, 5) is 11.5. The third-order valence-corrected chi connectivity index (χ3v) is 5.64. The molecule has 0 aliphatic carbocycles. The first-order valence-electron chi connectivity index (χ1n) is 10.4. The molecule has 5 nitrogen and oxygen atoms in total. The lowest BCUT2D eigenvalue weighted by molar-refractivity contribution is 0.245. The van der Waals surface area contributed by atoms with E-state index in [1.807, 2.05) is 19.3 Å². The van der Waals surface area contributed by atoms with E-state index < -0.39 is 0 Å². The number of aromatic nitrogens is 1. The molecule has 1 aliphatic heterocycles. The van der Waals surface area contributed by atoms with Crippen LogP contribution in [0.5, 0.6) is 0 Å². The predicted octanol–water partition coefficient (Wildman–Crippen LogP) is 3.56. The van der Waals surface area contributed by atoms with Crippen LogP contribution in [0, 0.1) is 0 Å². The number of benzene rings is 2. The number of rotatable bonds is 6. The average molecular weight is 388 g/mol. The monoisotopic (exact) mass is 387 g/mol. The number of nitrogens with zero attached hydrogens (tertiary/aromatic N) is 3. The smallest absolute Gasteiger partial charge is 0.191 e. The molecule has 5 heteroatoms. The number of fused-ring (bicyclic) bond motifs is 1. The molecule has 1 atom stereocenters. The summed E-state index contributed by atoms with van der Waals surface area (Å²) in [5.74, 6) is 0.825. The van der Waals surface area contributed by atoms with Crippen LogP contribution in [-0.4, -0.2) is 42.0 Å². The molecule has 2 aromatic carbocycles. The molecular formula is C24H29N5. The van der Waals surface area contributed by atoms with Crippen molar-refractivity contribution in [3.63, 3.8) is 0 Å². The van der Waals surface area contributed by atoms with Gasteiger partial charge in [0, 0.05) is 37.8 Å². The van der Waals surface area contributed by atoms with E-state index in [0.717, 1.165) is 31.3 Å². The maximum Gasteiger partial charge on any atom is 0.191 e. The molecule has 0 radical (unpaired) electrons. The Morgan fingerprint density at radius 3 is 2.76 bits per heavy atom. The quantitative estimate of drug-likeness (QED) is 0.502. The van der Waals surface area contributed by atoms with Crippen molar-refractivity contribution in [2.75, 3.05) is 20.1 Å². The van der Waals surface area contributed by atoms with Gasteiger partial charge < -0.3 is 10.6 Å². The van der Waals surface area contributed by atoms with E-state index in [4.69, 9.17) is 0 Å². The summed E-state index contributed by atoms with van der Waals surface area (Å²) in [5.41, 5.74) is 2.42. The molecule has 4 rings (SSSR count). The van der Waals surface area contributed by atoms with E-state index in [1.54, 1.807) is 0 Å². The minimum Gasteiger partial charge on any atom is -0.355 e. The highest BCUT2D eigenvalue weighted by Crippen LogP contribution is 2.19. The maximum absolute atomic E-state index is 4.56. The molecule has 1 unspecified atom stereocenters. The minimum atomic E-state index is 0.532. The molecule has 1 aliphatic rings. The topological polar surface area (TPSA) is 52.6 Å². The molecule has 1 aromatic heterocycles. The third-order valence-electron chi connectivity index (χ3n) is 5.64. The zero-order chi connectivity index (χ0) is 19.9. The Hall–Kier alpha value is -2.92. The van der Waals surface area contributed by atoms with Gasteiger partial charge in [-0.05, 0) is 36.4 Å². The fourth-order valence-electron chi connectivity index (χ4n) is 4.08. The molecule has 0 amide bonds. The summed E-state index contributed by atoms with van der Waals surface area (Å²) < 4.78 is 0. The molecule has 0 bridgehead atoms. The van der Waals surface area contributed by atoms with Gasteiger partial charge in [0.05, 0.1) is 12.2 Å². The van der Waals surface area contributed by atoms with Gasteiger partial charge in [0.2, 0.25) is 0 Å². The van der Waals surface area contributed by atoms with E-state index in [0.29, 0.717) is 12.6 Å². The van der Waals surface area contributed by atoms with Crippen LogP contribution in [0.15, 0.2) is 71.9 Å². The van der Waals surface area contributed by atoms with Crippen molar-refractivity contribution in [2.24, 2.45) is 4.99 Å². The van der Waals surface area contributed by atoms with Crippen LogP contribution < -0.4 is 10.6 Å². The van der Waals surface area contributed by atoms with E-state index in [9.17, 15) is 0 Å². The molecule has 29 heavy (non-hydrogen) atoms. The summed E-state index contributed by atoms with van der Waals surface area (Å²) >= 11 is 0. The van der Waals surface area contributed by atoms with Gasteiger partial charge in [0.15, 0.2) is 5.96 Å². The Labute approximate surface area is 172 Å². The first-order valence-corrected chi connectivity index (χ1v) is 10.4. The molecule has 1 fully saturated rings. The van der Waals surface area contributed by atoms with E-state index in [-0.39, 0.29) is 0 Å². The Bertz CT molecular complexity index is 948. The highest BCUT2D eigenvalue weighted by molar-refractivity contribution is 5.85. The van der Waals surface area contributed by atoms with Gasteiger partial charge in [-0.1, -0.05) is 54.6 Å². The first kappa shape index (κ1) is 19.4. The Morgan fingerprint density at radius 2 is 1.90 bits per heavy atom.